The van der Waals surface area contributed by atoms with Gasteiger partial charge in [0.2, 0.25) is 0 Å². The second-order valence-electron chi connectivity index (χ2n) is 5.20. The average Bonchev–Trinajstić information content (AvgIpc) is 2.35. The Morgan fingerprint density at radius 3 is 2.76 bits per heavy atom. The van der Waals surface area contributed by atoms with Gasteiger partial charge in [0, 0.05) is 16.7 Å². The first-order valence-corrected chi connectivity index (χ1v) is 7.55. The van der Waals surface area contributed by atoms with Gasteiger partial charge in [0.1, 0.15) is 0 Å². The summed E-state index contributed by atoms with van der Waals surface area (Å²) < 4.78 is 1.17. The zero-order valence-electron chi connectivity index (χ0n) is 10.6. The number of halogens is 1. The fraction of sp³-hybridized carbons (Fsp3) is 0.600. The molecule has 0 radical (unpaired) electrons. The molecule has 1 aromatic rings. The molecule has 1 aliphatic rings. The van der Waals surface area contributed by atoms with Crippen molar-refractivity contribution in [3.05, 3.63) is 28.2 Å². The zero-order chi connectivity index (χ0) is 12.1. The fourth-order valence-corrected chi connectivity index (χ4v) is 3.05. The van der Waals surface area contributed by atoms with E-state index in [2.05, 4.69) is 46.4 Å². The lowest BCUT2D eigenvalue weighted by molar-refractivity contribution is 0.345. The van der Waals surface area contributed by atoms with Gasteiger partial charge in [-0.3, -0.25) is 0 Å². The van der Waals surface area contributed by atoms with Gasteiger partial charge in [-0.2, -0.15) is 0 Å². The summed E-state index contributed by atoms with van der Waals surface area (Å²) in [6, 6.07) is 6.47. The van der Waals surface area contributed by atoms with Crippen molar-refractivity contribution in [3.63, 3.8) is 0 Å². The van der Waals surface area contributed by atoms with Crippen LogP contribution in [-0.2, 0) is 0 Å². The van der Waals surface area contributed by atoms with E-state index in [9.17, 15) is 0 Å². The maximum atomic E-state index is 3.59. The van der Waals surface area contributed by atoms with Gasteiger partial charge in [0.25, 0.3) is 0 Å². The third kappa shape index (κ3) is 4.02. The first kappa shape index (κ1) is 12.9. The molecule has 0 saturated heterocycles. The Balaban J connectivity index is 1.79. The summed E-state index contributed by atoms with van der Waals surface area (Å²) in [5.41, 5.74) is 2.55. The normalized spacial score (nSPS) is 17.1. The predicted octanol–water partition coefficient (Wildman–Crippen LogP) is 5.14. The molecule has 0 unspecified atom stereocenters. The van der Waals surface area contributed by atoms with E-state index in [4.69, 9.17) is 0 Å². The topological polar surface area (TPSA) is 12.0 Å². The number of anilines is 1. The lowest BCUT2D eigenvalue weighted by Crippen LogP contribution is -2.12. The van der Waals surface area contributed by atoms with Gasteiger partial charge in [-0.15, -0.1) is 0 Å². The van der Waals surface area contributed by atoms with Crippen LogP contribution in [0.15, 0.2) is 22.7 Å². The molecule has 1 aromatic carbocycles. The van der Waals surface area contributed by atoms with Crippen LogP contribution >= 0.6 is 15.9 Å². The van der Waals surface area contributed by atoms with E-state index in [1.807, 2.05) is 0 Å². The molecule has 0 heterocycles. The standard InChI is InChI=1S/C15H22BrN/c1-12-7-8-14(16)15(11-12)17-10-9-13-5-3-2-4-6-13/h7-8,11,13,17H,2-6,9-10H2,1H3. The van der Waals surface area contributed by atoms with Gasteiger partial charge in [0.05, 0.1) is 0 Å². The van der Waals surface area contributed by atoms with Crippen molar-refractivity contribution in [1.29, 1.82) is 0 Å². The maximum absolute atomic E-state index is 3.59. The molecule has 1 aliphatic carbocycles. The minimum Gasteiger partial charge on any atom is -0.384 e. The molecule has 2 rings (SSSR count). The molecular weight excluding hydrogens is 274 g/mol. The fourth-order valence-electron chi connectivity index (χ4n) is 2.66. The lowest BCUT2D eigenvalue weighted by atomic mass is 9.87. The smallest absolute Gasteiger partial charge is 0.0487 e. The van der Waals surface area contributed by atoms with Gasteiger partial charge < -0.3 is 5.32 Å². The van der Waals surface area contributed by atoms with Crippen LogP contribution in [0.4, 0.5) is 5.69 Å². The third-order valence-electron chi connectivity index (χ3n) is 3.71. The van der Waals surface area contributed by atoms with Crippen molar-refractivity contribution in [3.8, 4) is 0 Å². The van der Waals surface area contributed by atoms with Crippen LogP contribution in [0.2, 0.25) is 0 Å². The second-order valence-corrected chi connectivity index (χ2v) is 6.06. The summed E-state index contributed by atoms with van der Waals surface area (Å²) in [5.74, 6) is 0.958. The number of nitrogens with one attached hydrogen (secondary N) is 1. The van der Waals surface area contributed by atoms with E-state index in [0.29, 0.717) is 0 Å². The molecule has 0 aliphatic heterocycles. The molecule has 1 N–H and O–H groups in total. The summed E-state index contributed by atoms with van der Waals surface area (Å²) in [7, 11) is 0. The SMILES string of the molecule is Cc1ccc(Br)c(NCCC2CCCCC2)c1. The summed E-state index contributed by atoms with van der Waals surface area (Å²) in [5, 5.41) is 3.55. The highest BCUT2D eigenvalue weighted by atomic mass is 79.9. The Kier molecular flexibility index (Phi) is 4.90. The number of hydrogen-bond acceptors (Lipinski definition) is 1. The summed E-state index contributed by atoms with van der Waals surface area (Å²) >= 11 is 3.59. The average molecular weight is 296 g/mol. The molecule has 0 spiro atoms. The van der Waals surface area contributed by atoms with Crippen LogP contribution in [0, 0.1) is 12.8 Å². The van der Waals surface area contributed by atoms with Crippen LogP contribution in [0.3, 0.4) is 0 Å². The molecule has 2 heteroatoms. The number of benzene rings is 1. The minimum atomic E-state index is 0.958. The van der Waals surface area contributed by atoms with E-state index in [-0.39, 0.29) is 0 Å². The number of rotatable bonds is 4. The van der Waals surface area contributed by atoms with Crippen molar-refractivity contribution in [2.75, 3.05) is 11.9 Å². The highest BCUT2D eigenvalue weighted by Crippen LogP contribution is 2.27. The molecule has 1 nitrogen and oxygen atoms in total. The van der Waals surface area contributed by atoms with E-state index in [1.165, 1.54) is 54.2 Å². The van der Waals surface area contributed by atoms with E-state index < -0.39 is 0 Å². The summed E-state index contributed by atoms with van der Waals surface area (Å²) in [4.78, 5) is 0. The highest BCUT2D eigenvalue weighted by Gasteiger charge is 2.12. The Morgan fingerprint density at radius 2 is 2.00 bits per heavy atom. The van der Waals surface area contributed by atoms with Gasteiger partial charge in [-0.1, -0.05) is 38.2 Å². The molecule has 94 valence electrons. The molecule has 0 bridgehead atoms. The summed E-state index contributed by atoms with van der Waals surface area (Å²) in [6.07, 6.45) is 8.54. The van der Waals surface area contributed by atoms with Gasteiger partial charge in [-0.25, -0.2) is 0 Å². The molecule has 0 aromatic heterocycles. The van der Waals surface area contributed by atoms with Crippen LogP contribution in [-0.4, -0.2) is 6.54 Å². The lowest BCUT2D eigenvalue weighted by Gasteiger charge is -2.21. The molecule has 1 saturated carbocycles. The van der Waals surface area contributed by atoms with Crippen molar-refractivity contribution in [2.24, 2.45) is 5.92 Å². The monoisotopic (exact) mass is 295 g/mol. The van der Waals surface area contributed by atoms with Crippen molar-refractivity contribution >= 4 is 21.6 Å². The summed E-state index contributed by atoms with van der Waals surface area (Å²) in [6.45, 7) is 3.24. The highest BCUT2D eigenvalue weighted by molar-refractivity contribution is 9.10. The molecule has 0 atom stereocenters. The van der Waals surface area contributed by atoms with Crippen molar-refractivity contribution in [2.45, 2.75) is 45.4 Å². The number of aryl methyl sites for hydroxylation is 1. The predicted molar refractivity (Wildman–Crippen MR) is 78.6 cm³/mol. The molecule has 1 fully saturated rings. The van der Waals surface area contributed by atoms with Crippen molar-refractivity contribution < 1.29 is 0 Å². The first-order valence-electron chi connectivity index (χ1n) is 6.76. The Morgan fingerprint density at radius 1 is 1.24 bits per heavy atom. The number of hydrogen-bond donors (Lipinski definition) is 1. The van der Waals surface area contributed by atoms with E-state index >= 15 is 0 Å². The zero-order valence-corrected chi connectivity index (χ0v) is 12.2. The Labute approximate surface area is 113 Å². The first-order chi connectivity index (χ1) is 8.25. The maximum Gasteiger partial charge on any atom is 0.0487 e. The Hall–Kier alpha value is -0.500. The molecule has 0 amide bonds. The quantitative estimate of drug-likeness (QED) is 0.811. The van der Waals surface area contributed by atoms with Crippen LogP contribution < -0.4 is 5.32 Å². The van der Waals surface area contributed by atoms with Gasteiger partial charge >= 0.3 is 0 Å². The van der Waals surface area contributed by atoms with Gasteiger partial charge in [0.15, 0.2) is 0 Å². The van der Waals surface area contributed by atoms with Crippen LogP contribution in [0.1, 0.15) is 44.1 Å². The molecule has 17 heavy (non-hydrogen) atoms. The largest absolute Gasteiger partial charge is 0.384 e. The second kappa shape index (κ2) is 6.44. The van der Waals surface area contributed by atoms with Crippen LogP contribution in [0.25, 0.3) is 0 Å². The van der Waals surface area contributed by atoms with Crippen LogP contribution in [0.5, 0.6) is 0 Å². The molecular formula is C15H22BrN. The van der Waals surface area contributed by atoms with E-state index in [1.54, 1.807) is 0 Å². The Bertz CT molecular complexity index is 356. The third-order valence-corrected chi connectivity index (χ3v) is 4.41. The minimum absolute atomic E-state index is 0.958. The van der Waals surface area contributed by atoms with Crippen molar-refractivity contribution in [1.82, 2.24) is 0 Å². The van der Waals surface area contributed by atoms with Gasteiger partial charge in [-0.05, 0) is 52.9 Å². The van der Waals surface area contributed by atoms with E-state index in [0.717, 1.165) is 12.5 Å².